The normalized spacial score (nSPS) is 13.3. The van der Waals surface area contributed by atoms with Crippen LogP contribution in [0.25, 0.3) is 0 Å². The van der Waals surface area contributed by atoms with Crippen LogP contribution in [0.4, 0.5) is 5.69 Å². The van der Waals surface area contributed by atoms with Crippen molar-refractivity contribution in [3.8, 4) is 0 Å². The molecule has 2 aromatic rings. The van der Waals surface area contributed by atoms with Gasteiger partial charge in [0, 0.05) is 18.0 Å². The third kappa shape index (κ3) is 3.30. The predicted molar refractivity (Wildman–Crippen MR) is 89.8 cm³/mol. The van der Waals surface area contributed by atoms with E-state index in [1.165, 1.54) is 16.7 Å². The molecule has 0 unspecified atom stereocenters. The Balaban J connectivity index is 1.56. The van der Waals surface area contributed by atoms with Gasteiger partial charge in [0.25, 0.3) is 0 Å². The van der Waals surface area contributed by atoms with Crippen LogP contribution in [0.15, 0.2) is 48.5 Å². The molecular formula is C18H19NOS. The monoisotopic (exact) mass is 297 g/mol. The molecule has 0 fully saturated rings. The minimum atomic E-state index is 0.220. The SMILES string of the molecule is Cc1cccc(CSCC(=O)N2CCc3ccccc32)c1. The zero-order valence-corrected chi connectivity index (χ0v) is 13.0. The van der Waals surface area contributed by atoms with E-state index in [-0.39, 0.29) is 5.91 Å². The minimum Gasteiger partial charge on any atom is -0.311 e. The number of thioether (sulfide) groups is 1. The van der Waals surface area contributed by atoms with Gasteiger partial charge >= 0.3 is 0 Å². The molecule has 0 spiro atoms. The molecule has 0 atom stereocenters. The van der Waals surface area contributed by atoms with Crippen LogP contribution in [-0.2, 0) is 17.0 Å². The first-order valence-corrected chi connectivity index (χ1v) is 8.41. The Morgan fingerprint density at radius 1 is 1.19 bits per heavy atom. The number of fused-ring (bicyclic) bond motifs is 1. The van der Waals surface area contributed by atoms with Gasteiger partial charge in [-0.25, -0.2) is 0 Å². The maximum Gasteiger partial charge on any atom is 0.237 e. The highest BCUT2D eigenvalue weighted by atomic mass is 32.2. The largest absolute Gasteiger partial charge is 0.311 e. The second-order valence-electron chi connectivity index (χ2n) is 5.41. The Hall–Kier alpha value is -1.74. The highest BCUT2D eigenvalue weighted by Crippen LogP contribution is 2.28. The lowest BCUT2D eigenvalue weighted by molar-refractivity contribution is -0.116. The van der Waals surface area contributed by atoms with E-state index in [0.29, 0.717) is 5.75 Å². The molecule has 0 saturated carbocycles. The molecule has 0 aromatic heterocycles. The van der Waals surface area contributed by atoms with Crippen molar-refractivity contribution in [2.45, 2.75) is 19.1 Å². The van der Waals surface area contributed by atoms with Crippen LogP contribution in [0.3, 0.4) is 0 Å². The van der Waals surface area contributed by atoms with Crippen LogP contribution in [0.1, 0.15) is 16.7 Å². The Morgan fingerprint density at radius 2 is 2.05 bits per heavy atom. The average Bonchev–Trinajstić information content (AvgIpc) is 2.91. The van der Waals surface area contributed by atoms with Crippen LogP contribution in [-0.4, -0.2) is 18.2 Å². The summed E-state index contributed by atoms with van der Waals surface area (Å²) in [7, 11) is 0. The molecule has 3 heteroatoms. The Morgan fingerprint density at radius 3 is 2.90 bits per heavy atom. The van der Waals surface area contributed by atoms with Gasteiger partial charge in [-0.1, -0.05) is 48.0 Å². The van der Waals surface area contributed by atoms with E-state index >= 15 is 0 Å². The van der Waals surface area contributed by atoms with E-state index in [1.807, 2.05) is 23.1 Å². The number of hydrogen-bond acceptors (Lipinski definition) is 2. The zero-order chi connectivity index (χ0) is 14.7. The van der Waals surface area contributed by atoms with Crippen molar-refractivity contribution in [3.63, 3.8) is 0 Å². The van der Waals surface area contributed by atoms with Gasteiger partial charge in [-0.3, -0.25) is 4.79 Å². The fourth-order valence-electron chi connectivity index (χ4n) is 2.73. The maximum atomic E-state index is 12.4. The van der Waals surface area contributed by atoms with Gasteiger partial charge in [-0.2, -0.15) is 0 Å². The van der Waals surface area contributed by atoms with Gasteiger partial charge in [-0.15, -0.1) is 11.8 Å². The number of anilines is 1. The van der Waals surface area contributed by atoms with Crippen molar-refractivity contribution >= 4 is 23.4 Å². The molecule has 1 aliphatic rings. The number of para-hydroxylation sites is 1. The van der Waals surface area contributed by atoms with Gasteiger partial charge in [0.05, 0.1) is 5.75 Å². The number of carbonyl (C=O) groups is 1. The van der Waals surface area contributed by atoms with Crippen LogP contribution in [0.2, 0.25) is 0 Å². The van der Waals surface area contributed by atoms with Crippen LogP contribution in [0, 0.1) is 6.92 Å². The molecule has 2 aromatic carbocycles. The summed E-state index contributed by atoms with van der Waals surface area (Å²) in [5.74, 6) is 1.66. The van der Waals surface area contributed by atoms with Crippen molar-refractivity contribution in [2.75, 3.05) is 17.2 Å². The van der Waals surface area contributed by atoms with Crippen molar-refractivity contribution < 1.29 is 4.79 Å². The summed E-state index contributed by atoms with van der Waals surface area (Å²) in [6.45, 7) is 2.92. The molecule has 0 N–H and O–H groups in total. The summed E-state index contributed by atoms with van der Waals surface area (Å²) >= 11 is 1.69. The van der Waals surface area contributed by atoms with Gasteiger partial charge in [0.15, 0.2) is 0 Å². The minimum absolute atomic E-state index is 0.220. The molecule has 3 rings (SSSR count). The number of rotatable bonds is 4. The first kappa shape index (κ1) is 14.2. The molecule has 0 radical (unpaired) electrons. The third-order valence-electron chi connectivity index (χ3n) is 3.76. The number of carbonyl (C=O) groups excluding carboxylic acids is 1. The van der Waals surface area contributed by atoms with E-state index in [9.17, 15) is 4.79 Å². The molecule has 0 bridgehead atoms. The predicted octanol–water partition coefficient (Wildman–Crippen LogP) is 3.82. The van der Waals surface area contributed by atoms with Crippen LogP contribution in [0.5, 0.6) is 0 Å². The molecule has 2 nitrogen and oxygen atoms in total. The summed E-state index contributed by atoms with van der Waals surface area (Å²) in [6.07, 6.45) is 0.977. The quantitative estimate of drug-likeness (QED) is 0.855. The van der Waals surface area contributed by atoms with Gasteiger partial charge in [0.1, 0.15) is 0 Å². The molecule has 1 aliphatic heterocycles. The van der Waals surface area contributed by atoms with Crippen molar-refractivity contribution in [1.82, 2.24) is 0 Å². The first-order chi connectivity index (χ1) is 10.2. The topological polar surface area (TPSA) is 20.3 Å². The summed E-state index contributed by atoms with van der Waals surface area (Å²) in [5.41, 5.74) is 4.94. The van der Waals surface area contributed by atoms with Crippen molar-refractivity contribution in [1.29, 1.82) is 0 Å². The third-order valence-corrected chi connectivity index (χ3v) is 4.75. The highest BCUT2D eigenvalue weighted by Gasteiger charge is 2.23. The summed E-state index contributed by atoms with van der Waals surface area (Å²) in [6, 6.07) is 16.7. The highest BCUT2D eigenvalue weighted by molar-refractivity contribution is 7.99. The van der Waals surface area contributed by atoms with Gasteiger partial charge < -0.3 is 4.90 Å². The van der Waals surface area contributed by atoms with E-state index < -0.39 is 0 Å². The number of hydrogen-bond donors (Lipinski definition) is 0. The maximum absolute atomic E-state index is 12.4. The van der Waals surface area contributed by atoms with Crippen molar-refractivity contribution in [2.24, 2.45) is 0 Å². The van der Waals surface area contributed by atoms with E-state index in [4.69, 9.17) is 0 Å². The van der Waals surface area contributed by atoms with E-state index in [1.54, 1.807) is 11.8 Å². The summed E-state index contributed by atoms with van der Waals surface area (Å²) < 4.78 is 0. The van der Waals surface area contributed by atoms with Crippen molar-refractivity contribution in [3.05, 3.63) is 65.2 Å². The molecule has 1 heterocycles. The standard InChI is InChI=1S/C18H19NOS/c1-14-5-4-6-15(11-14)12-21-13-18(20)19-10-9-16-7-2-3-8-17(16)19/h2-8,11H,9-10,12-13H2,1H3. The second kappa shape index (κ2) is 6.35. The molecule has 108 valence electrons. The van der Waals surface area contributed by atoms with E-state index in [2.05, 4.69) is 37.3 Å². The lowest BCUT2D eigenvalue weighted by atomic mass is 10.2. The number of amides is 1. The lowest BCUT2D eigenvalue weighted by Gasteiger charge is -2.17. The van der Waals surface area contributed by atoms with Crippen LogP contribution >= 0.6 is 11.8 Å². The Bertz CT molecular complexity index is 653. The lowest BCUT2D eigenvalue weighted by Crippen LogP contribution is -2.30. The van der Waals surface area contributed by atoms with Gasteiger partial charge in [-0.05, 0) is 30.5 Å². The number of aryl methyl sites for hydroxylation is 1. The molecule has 1 amide bonds. The fourth-order valence-corrected chi connectivity index (χ4v) is 3.58. The summed E-state index contributed by atoms with van der Waals surface area (Å²) in [5, 5.41) is 0. The molecular weight excluding hydrogens is 278 g/mol. The van der Waals surface area contributed by atoms with Crippen LogP contribution < -0.4 is 4.90 Å². The molecule has 0 aliphatic carbocycles. The van der Waals surface area contributed by atoms with E-state index in [0.717, 1.165) is 24.4 Å². The Labute approximate surface area is 130 Å². The zero-order valence-electron chi connectivity index (χ0n) is 12.2. The second-order valence-corrected chi connectivity index (χ2v) is 6.39. The first-order valence-electron chi connectivity index (χ1n) is 7.25. The fraction of sp³-hybridized carbons (Fsp3) is 0.278. The summed E-state index contributed by atoms with van der Waals surface area (Å²) in [4.78, 5) is 14.3. The molecule has 21 heavy (non-hydrogen) atoms. The average molecular weight is 297 g/mol. The number of benzene rings is 2. The Kier molecular flexibility index (Phi) is 4.30. The smallest absolute Gasteiger partial charge is 0.237 e. The molecule has 0 saturated heterocycles. The van der Waals surface area contributed by atoms with Gasteiger partial charge in [0.2, 0.25) is 5.91 Å². The number of nitrogens with zero attached hydrogens (tertiary/aromatic N) is 1.